The molecule has 1 heterocycles. The van der Waals surface area contributed by atoms with Gasteiger partial charge in [0.05, 0.1) is 22.5 Å². The highest BCUT2D eigenvalue weighted by molar-refractivity contribution is 8.00. The van der Waals surface area contributed by atoms with Crippen LogP contribution in [0.3, 0.4) is 0 Å². The zero-order valence-electron chi connectivity index (χ0n) is 16.8. The Bertz CT molecular complexity index is 1100. The van der Waals surface area contributed by atoms with E-state index in [2.05, 4.69) is 24.1 Å². The number of para-hydroxylation sites is 2. The molecule has 1 amide bonds. The number of hydrogen-bond acceptors (Lipinski definition) is 5. The molecule has 154 valence electrons. The van der Waals surface area contributed by atoms with Crippen molar-refractivity contribution in [1.29, 1.82) is 0 Å². The van der Waals surface area contributed by atoms with Crippen molar-refractivity contribution in [2.75, 3.05) is 16.8 Å². The summed E-state index contributed by atoms with van der Waals surface area (Å²) in [6, 6.07) is 14.8. The van der Waals surface area contributed by atoms with Gasteiger partial charge in [0.2, 0.25) is 15.9 Å². The van der Waals surface area contributed by atoms with Crippen molar-refractivity contribution in [2.24, 2.45) is 0 Å². The average molecular weight is 432 g/mol. The number of carbonyl (C=O) groups is 1. The molecule has 2 aromatic carbocycles. The third-order valence-electron chi connectivity index (χ3n) is 4.42. The summed E-state index contributed by atoms with van der Waals surface area (Å²) in [6.45, 7) is 6.05. The average Bonchev–Trinajstić information content (AvgIpc) is 3.06. The lowest BCUT2D eigenvalue weighted by Crippen LogP contribution is -2.18. The first-order chi connectivity index (χ1) is 13.8. The fraction of sp³-hybridized carbons (Fsp3) is 0.333. The van der Waals surface area contributed by atoms with Crippen LogP contribution < -0.4 is 5.32 Å². The number of benzene rings is 2. The molecule has 0 fully saturated rings. The first-order valence-electron chi connectivity index (χ1n) is 9.55. The van der Waals surface area contributed by atoms with E-state index in [1.807, 2.05) is 37.3 Å². The molecular formula is C21H25N3O3S2. The fourth-order valence-corrected chi connectivity index (χ4v) is 5.61. The van der Waals surface area contributed by atoms with Crippen molar-refractivity contribution >= 4 is 44.4 Å². The van der Waals surface area contributed by atoms with E-state index in [-0.39, 0.29) is 17.4 Å². The predicted molar refractivity (Wildman–Crippen MR) is 119 cm³/mol. The van der Waals surface area contributed by atoms with Crippen LogP contribution in [0.2, 0.25) is 0 Å². The van der Waals surface area contributed by atoms with Gasteiger partial charge in [0.15, 0.2) is 5.16 Å². The number of imidazole rings is 1. The van der Waals surface area contributed by atoms with Gasteiger partial charge in [-0.3, -0.25) is 4.79 Å². The Hall–Kier alpha value is -2.32. The van der Waals surface area contributed by atoms with E-state index in [1.54, 1.807) is 18.2 Å². The van der Waals surface area contributed by atoms with Crippen LogP contribution in [-0.2, 0) is 14.8 Å². The highest BCUT2D eigenvalue weighted by atomic mass is 32.2. The van der Waals surface area contributed by atoms with Crippen molar-refractivity contribution in [3.8, 4) is 0 Å². The number of hydrogen-bond donors (Lipinski definition) is 1. The zero-order valence-corrected chi connectivity index (χ0v) is 18.4. The summed E-state index contributed by atoms with van der Waals surface area (Å²) in [6.07, 6.45) is 0.506. The summed E-state index contributed by atoms with van der Waals surface area (Å²) >= 11 is 1.12. The first kappa shape index (κ1) is 21.4. The van der Waals surface area contributed by atoms with E-state index in [0.29, 0.717) is 34.2 Å². The van der Waals surface area contributed by atoms with E-state index in [1.165, 1.54) is 9.54 Å². The van der Waals surface area contributed by atoms with Crippen molar-refractivity contribution < 1.29 is 13.2 Å². The van der Waals surface area contributed by atoms with Crippen LogP contribution in [0.4, 0.5) is 5.69 Å². The topological polar surface area (TPSA) is 81.1 Å². The molecule has 0 bridgehead atoms. The minimum Gasteiger partial charge on any atom is -0.325 e. The molecule has 0 aliphatic carbocycles. The first-order valence-corrected chi connectivity index (χ1v) is 12.1. The van der Waals surface area contributed by atoms with Crippen LogP contribution in [0.5, 0.6) is 0 Å². The molecule has 0 saturated heterocycles. The maximum Gasteiger partial charge on any atom is 0.241 e. The molecule has 29 heavy (non-hydrogen) atoms. The largest absolute Gasteiger partial charge is 0.325 e. The van der Waals surface area contributed by atoms with Crippen LogP contribution in [-0.4, -0.2) is 34.8 Å². The zero-order chi connectivity index (χ0) is 21.0. The molecule has 3 rings (SSSR count). The third kappa shape index (κ3) is 5.00. The quantitative estimate of drug-likeness (QED) is 0.532. The number of fused-ring (bicyclic) bond motifs is 1. The molecule has 0 spiro atoms. The maximum atomic E-state index is 12.8. The number of amides is 1. The van der Waals surface area contributed by atoms with Gasteiger partial charge in [0, 0.05) is 5.69 Å². The fourth-order valence-electron chi connectivity index (χ4n) is 2.97. The molecule has 1 N–H and O–H groups in total. The van der Waals surface area contributed by atoms with Crippen LogP contribution in [0.1, 0.15) is 38.7 Å². The monoisotopic (exact) mass is 431 g/mol. The van der Waals surface area contributed by atoms with Crippen molar-refractivity contribution in [1.82, 2.24) is 8.96 Å². The van der Waals surface area contributed by atoms with E-state index in [0.717, 1.165) is 11.8 Å². The van der Waals surface area contributed by atoms with Crippen LogP contribution in [0.15, 0.2) is 53.7 Å². The van der Waals surface area contributed by atoms with Crippen molar-refractivity contribution in [3.63, 3.8) is 0 Å². The van der Waals surface area contributed by atoms with Gasteiger partial charge in [0.25, 0.3) is 0 Å². The number of aromatic nitrogens is 2. The minimum atomic E-state index is -3.54. The van der Waals surface area contributed by atoms with Gasteiger partial charge in [-0.05, 0) is 42.2 Å². The Labute approximate surface area is 175 Å². The maximum absolute atomic E-state index is 12.8. The standard InChI is InChI=1S/C21H25N3O3S2/c1-4-13-29(26,27)24-19-8-6-5-7-18(19)23-21(24)28-14-20(25)22-17-11-9-16(10-12-17)15(2)3/h5-12,15H,4,13-14H2,1-3H3,(H,22,25). The summed E-state index contributed by atoms with van der Waals surface area (Å²) in [5.74, 6) is 0.304. The summed E-state index contributed by atoms with van der Waals surface area (Å²) in [5, 5.41) is 3.16. The number of nitrogens with one attached hydrogen (secondary N) is 1. The van der Waals surface area contributed by atoms with E-state index < -0.39 is 10.0 Å². The number of carbonyl (C=O) groups excluding carboxylic acids is 1. The highest BCUT2D eigenvalue weighted by Crippen LogP contribution is 2.26. The highest BCUT2D eigenvalue weighted by Gasteiger charge is 2.22. The van der Waals surface area contributed by atoms with E-state index in [4.69, 9.17) is 0 Å². The Morgan fingerprint density at radius 2 is 1.83 bits per heavy atom. The van der Waals surface area contributed by atoms with Gasteiger partial charge in [-0.25, -0.2) is 17.4 Å². The molecule has 0 saturated carbocycles. The Morgan fingerprint density at radius 3 is 2.48 bits per heavy atom. The van der Waals surface area contributed by atoms with Gasteiger partial charge in [-0.1, -0.05) is 56.8 Å². The second kappa shape index (κ2) is 9.00. The SMILES string of the molecule is CCCS(=O)(=O)n1c(SCC(=O)Nc2ccc(C(C)C)cc2)nc2ccccc21. The molecule has 3 aromatic rings. The Morgan fingerprint density at radius 1 is 1.14 bits per heavy atom. The normalized spacial score (nSPS) is 11.9. The third-order valence-corrected chi connectivity index (χ3v) is 7.33. The van der Waals surface area contributed by atoms with Gasteiger partial charge in [0.1, 0.15) is 0 Å². The van der Waals surface area contributed by atoms with Crippen molar-refractivity contribution in [3.05, 3.63) is 54.1 Å². The molecule has 0 unspecified atom stereocenters. The van der Waals surface area contributed by atoms with Crippen LogP contribution >= 0.6 is 11.8 Å². The molecule has 1 aromatic heterocycles. The minimum absolute atomic E-state index is 0.0231. The van der Waals surface area contributed by atoms with Gasteiger partial charge < -0.3 is 5.32 Å². The predicted octanol–water partition coefficient (Wildman–Crippen LogP) is 4.48. The van der Waals surface area contributed by atoms with Gasteiger partial charge in [-0.15, -0.1) is 0 Å². The number of thioether (sulfide) groups is 1. The molecule has 8 heteroatoms. The molecule has 0 atom stereocenters. The molecule has 0 aliphatic heterocycles. The second-order valence-corrected chi connectivity index (χ2v) is 9.96. The summed E-state index contributed by atoms with van der Waals surface area (Å²) in [7, 11) is -3.54. The van der Waals surface area contributed by atoms with Crippen LogP contribution in [0.25, 0.3) is 11.0 Å². The lowest BCUT2D eigenvalue weighted by atomic mass is 10.0. The number of nitrogens with zero attached hydrogens (tertiary/aromatic N) is 2. The van der Waals surface area contributed by atoms with Crippen LogP contribution in [0, 0.1) is 0 Å². The lowest BCUT2D eigenvalue weighted by Gasteiger charge is -2.10. The van der Waals surface area contributed by atoms with Crippen molar-refractivity contribution in [2.45, 2.75) is 38.3 Å². The smallest absolute Gasteiger partial charge is 0.241 e. The molecule has 6 nitrogen and oxygen atoms in total. The molecular weight excluding hydrogens is 406 g/mol. The lowest BCUT2D eigenvalue weighted by molar-refractivity contribution is -0.113. The summed E-state index contributed by atoms with van der Waals surface area (Å²) in [5.41, 5.74) is 3.05. The van der Waals surface area contributed by atoms with Gasteiger partial charge >= 0.3 is 0 Å². The summed E-state index contributed by atoms with van der Waals surface area (Å²) in [4.78, 5) is 16.8. The Balaban J connectivity index is 1.77. The number of rotatable bonds is 8. The van der Waals surface area contributed by atoms with E-state index in [9.17, 15) is 13.2 Å². The molecule has 0 radical (unpaired) electrons. The second-order valence-electron chi connectivity index (χ2n) is 7.08. The van der Waals surface area contributed by atoms with Gasteiger partial charge in [-0.2, -0.15) is 0 Å². The summed E-state index contributed by atoms with van der Waals surface area (Å²) < 4.78 is 26.8. The Kier molecular flexibility index (Phi) is 6.64. The molecule has 0 aliphatic rings. The number of anilines is 1. The van der Waals surface area contributed by atoms with E-state index >= 15 is 0 Å².